The Bertz CT molecular complexity index is 334. The molecule has 2 atom stereocenters. The largest absolute Gasteiger partial charge is 0.316 e. The number of hydrogen-bond donors (Lipinski definition) is 1. The normalized spacial score (nSPS) is 14.3. The van der Waals surface area contributed by atoms with E-state index in [1.807, 2.05) is 12.1 Å². The highest BCUT2D eigenvalue weighted by Crippen LogP contribution is 2.22. The van der Waals surface area contributed by atoms with E-state index in [2.05, 4.69) is 38.2 Å². The minimum absolute atomic E-state index is 0.715. The smallest absolute Gasteiger partial charge is 0.0406 e. The molecule has 1 aromatic rings. The van der Waals surface area contributed by atoms with Gasteiger partial charge in [0.05, 0.1) is 0 Å². The van der Waals surface area contributed by atoms with E-state index in [1.54, 1.807) is 0 Å². The molecule has 0 spiro atoms. The molecule has 108 valence electrons. The maximum absolute atomic E-state index is 5.95. The van der Waals surface area contributed by atoms with Crippen LogP contribution in [0.1, 0.15) is 45.6 Å². The summed E-state index contributed by atoms with van der Waals surface area (Å²) in [6.07, 6.45) is 4.93. The zero-order valence-corrected chi connectivity index (χ0v) is 13.3. The second-order valence-electron chi connectivity index (χ2n) is 5.56. The fraction of sp³-hybridized carbons (Fsp3) is 0.647. The first kappa shape index (κ1) is 16.5. The minimum Gasteiger partial charge on any atom is -0.316 e. The fourth-order valence-electron chi connectivity index (χ4n) is 2.55. The van der Waals surface area contributed by atoms with Crippen LogP contribution in [0.3, 0.4) is 0 Å². The SMILES string of the molecule is CCCNCC(Cc1ccc(Cl)cc1)C(C)CCC. The summed E-state index contributed by atoms with van der Waals surface area (Å²) < 4.78 is 0. The average Bonchev–Trinajstić information content (AvgIpc) is 2.40. The predicted octanol–water partition coefficient (Wildman–Crippen LogP) is 4.93. The lowest BCUT2D eigenvalue weighted by Crippen LogP contribution is -2.29. The average molecular weight is 282 g/mol. The third-order valence-electron chi connectivity index (χ3n) is 3.79. The second-order valence-corrected chi connectivity index (χ2v) is 6.00. The van der Waals surface area contributed by atoms with Crippen molar-refractivity contribution < 1.29 is 0 Å². The van der Waals surface area contributed by atoms with E-state index in [9.17, 15) is 0 Å². The summed E-state index contributed by atoms with van der Waals surface area (Å²) in [5, 5.41) is 4.41. The van der Waals surface area contributed by atoms with Crippen LogP contribution in [0.15, 0.2) is 24.3 Å². The van der Waals surface area contributed by atoms with Crippen molar-refractivity contribution >= 4 is 11.6 Å². The zero-order valence-electron chi connectivity index (χ0n) is 12.6. The molecule has 2 unspecified atom stereocenters. The Hall–Kier alpha value is -0.530. The molecule has 0 heterocycles. The van der Waals surface area contributed by atoms with Gasteiger partial charge in [0.2, 0.25) is 0 Å². The van der Waals surface area contributed by atoms with E-state index in [4.69, 9.17) is 11.6 Å². The molecule has 1 rings (SSSR count). The molecule has 0 aliphatic heterocycles. The standard InChI is InChI=1S/C17H28ClN/c1-4-6-14(3)16(13-19-11-5-2)12-15-7-9-17(18)10-8-15/h7-10,14,16,19H,4-6,11-13H2,1-3H3. The Balaban J connectivity index is 2.58. The predicted molar refractivity (Wildman–Crippen MR) is 85.9 cm³/mol. The molecule has 0 radical (unpaired) electrons. The summed E-state index contributed by atoms with van der Waals surface area (Å²) in [6.45, 7) is 9.12. The van der Waals surface area contributed by atoms with Gasteiger partial charge in [0.25, 0.3) is 0 Å². The Morgan fingerprint density at radius 2 is 1.79 bits per heavy atom. The van der Waals surface area contributed by atoms with Gasteiger partial charge in [0, 0.05) is 5.02 Å². The van der Waals surface area contributed by atoms with Gasteiger partial charge in [-0.25, -0.2) is 0 Å². The van der Waals surface area contributed by atoms with Gasteiger partial charge in [-0.15, -0.1) is 0 Å². The molecule has 0 saturated heterocycles. The van der Waals surface area contributed by atoms with Crippen LogP contribution in [-0.2, 0) is 6.42 Å². The van der Waals surface area contributed by atoms with Crippen LogP contribution < -0.4 is 5.32 Å². The van der Waals surface area contributed by atoms with Crippen molar-refractivity contribution in [3.8, 4) is 0 Å². The Morgan fingerprint density at radius 1 is 1.11 bits per heavy atom. The van der Waals surface area contributed by atoms with E-state index in [-0.39, 0.29) is 0 Å². The van der Waals surface area contributed by atoms with Crippen LogP contribution in [0.5, 0.6) is 0 Å². The van der Waals surface area contributed by atoms with Gasteiger partial charge in [-0.1, -0.05) is 57.3 Å². The van der Waals surface area contributed by atoms with Crippen molar-refractivity contribution in [3.05, 3.63) is 34.9 Å². The second kappa shape index (κ2) is 9.39. The van der Waals surface area contributed by atoms with Crippen LogP contribution in [0, 0.1) is 11.8 Å². The molecular weight excluding hydrogens is 254 g/mol. The molecule has 0 fully saturated rings. The maximum Gasteiger partial charge on any atom is 0.0406 e. The van der Waals surface area contributed by atoms with E-state index in [0.29, 0.717) is 5.92 Å². The van der Waals surface area contributed by atoms with Gasteiger partial charge in [0.1, 0.15) is 0 Å². The Morgan fingerprint density at radius 3 is 2.37 bits per heavy atom. The Kier molecular flexibility index (Phi) is 8.16. The van der Waals surface area contributed by atoms with Crippen LogP contribution >= 0.6 is 11.6 Å². The topological polar surface area (TPSA) is 12.0 Å². The molecule has 0 aliphatic carbocycles. The fourth-order valence-corrected chi connectivity index (χ4v) is 2.68. The lowest BCUT2D eigenvalue weighted by molar-refractivity contribution is 0.318. The molecule has 19 heavy (non-hydrogen) atoms. The van der Waals surface area contributed by atoms with Crippen molar-refractivity contribution in [2.24, 2.45) is 11.8 Å². The van der Waals surface area contributed by atoms with Gasteiger partial charge in [-0.2, -0.15) is 0 Å². The lowest BCUT2D eigenvalue weighted by Gasteiger charge is -2.24. The molecule has 1 N–H and O–H groups in total. The highest BCUT2D eigenvalue weighted by atomic mass is 35.5. The van der Waals surface area contributed by atoms with Crippen LogP contribution in [-0.4, -0.2) is 13.1 Å². The molecule has 0 aliphatic rings. The molecule has 0 amide bonds. The number of hydrogen-bond acceptors (Lipinski definition) is 1. The first-order chi connectivity index (χ1) is 9.17. The number of rotatable bonds is 9. The van der Waals surface area contributed by atoms with Crippen molar-refractivity contribution in [1.29, 1.82) is 0 Å². The highest BCUT2D eigenvalue weighted by molar-refractivity contribution is 6.30. The zero-order chi connectivity index (χ0) is 14.1. The first-order valence-corrected chi connectivity index (χ1v) is 8.00. The summed E-state index contributed by atoms with van der Waals surface area (Å²) in [6, 6.07) is 8.32. The Labute approximate surface area is 123 Å². The number of nitrogens with one attached hydrogen (secondary N) is 1. The van der Waals surface area contributed by atoms with Crippen LogP contribution in [0.2, 0.25) is 5.02 Å². The van der Waals surface area contributed by atoms with Gasteiger partial charge in [-0.3, -0.25) is 0 Å². The summed E-state index contributed by atoms with van der Waals surface area (Å²) in [7, 11) is 0. The van der Waals surface area contributed by atoms with Gasteiger partial charge >= 0.3 is 0 Å². The van der Waals surface area contributed by atoms with Crippen LogP contribution in [0.25, 0.3) is 0 Å². The van der Waals surface area contributed by atoms with Crippen molar-refractivity contribution in [1.82, 2.24) is 5.32 Å². The summed E-state index contributed by atoms with van der Waals surface area (Å²) in [5.41, 5.74) is 1.40. The molecule has 1 nitrogen and oxygen atoms in total. The van der Waals surface area contributed by atoms with E-state index < -0.39 is 0 Å². The molecule has 0 aromatic heterocycles. The van der Waals surface area contributed by atoms with Gasteiger partial charge < -0.3 is 5.32 Å². The van der Waals surface area contributed by atoms with Crippen molar-refractivity contribution in [2.75, 3.05) is 13.1 Å². The maximum atomic E-state index is 5.95. The molecule has 1 aromatic carbocycles. The molecule has 0 saturated carbocycles. The van der Waals surface area contributed by atoms with E-state index in [0.717, 1.165) is 30.5 Å². The monoisotopic (exact) mass is 281 g/mol. The first-order valence-electron chi connectivity index (χ1n) is 7.62. The van der Waals surface area contributed by atoms with E-state index >= 15 is 0 Å². The van der Waals surface area contributed by atoms with Gasteiger partial charge in [0.15, 0.2) is 0 Å². The summed E-state index contributed by atoms with van der Waals surface area (Å²) in [5.74, 6) is 1.48. The quantitative estimate of drug-likeness (QED) is 0.633. The summed E-state index contributed by atoms with van der Waals surface area (Å²) in [4.78, 5) is 0. The third kappa shape index (κ3) is 6.44. The van der Waals surface area contributed by atoms with Crippen molar-refractivity contribution in [2.45, 2.75) is 46.5 Å². The number of halogens is 1. The lowest BCUT2D eigenvalue weighted by atomic mass is 9.85. The molecule has 0 bridgehead atoms. The van der Waals surface area contributed by atoms with E-state index in [1.165, 1.54) is 24.8 Å². The summed E-state index contributed by atoms with van der Waals surface area (Å²) >= 11 is 5.95. The van der Waals surface area contributed by atoms with Crippen LogP contribution in [0.4, 0.5) is 0 Å². The molecular formula is C17H28ClN. The minimum atomic E-state index is 0.715. The number of benzene rings is 1. The highest BCUT2D eigenvalue weighted by Gasteiger charge is 2.16. The third-order valence-corrected chi connectivity index (χ3v) is 4.05. The van der Waals surface area contributed by atoms with Crippen molar-refractivity contribution in [3.63, 3.8) is 0 Å². The van der Waals surface area contributed by atoms with Gasteiger partial charge in [-0.05, 0) is 55.5 Å². The molecule has 2 heteroatoms.